The fourth-order valence-electron chi connectivity index (χ4n) is 4.16. The van der Waals surface area contributed by atoms with Crippen molar-refractivity contribution in [2.24, 2.45) is 0 Å². The van der Waals surface area contributed by atoms with Crippen LogP contribution in [0, 0.1) is 5.82 Å². The van der Waals surface area contributed by atoms with Gasteiger partial charge in [-0.1, -0.05) is 0 Å². The lowest BCUT2D eigenvalue weighted by molar-refractivity contribution is -0.0821. The first-order chi connectivity index (χ1) is 13.2. The largest absolute Gasteiger partial charge is 0.364 e. The first-order valence-electron chi connectivity index (χ1n) is 9.26. The van der Waals surface area contributed by atoms with E-state index in [-0.39, 0.29) is 11.4 Å². The van der Waals surface area contributed by atoms with E-state index < -0.39 is 0 Å². The zero-order chi connectivity index (χ0) is 18.3. The molecule has 4 heterocycles. The van der Waals surface area contributed by atoms with Gasteiger partial charge >= 0.3 is 0 Å². The van der Waals surface area contributed by atoms with Crippen molar-refractivity contribution in [2.75, 3.05) is 13.1 Å². The molecule has 1 atom stereocenters. The average Bonchev–Trinajstić information content (AvgIpc) is 3.28. The van der Waals surface area contributed by atoms with Gasteiger partial charge in [-0.2, -0.15) is 0 Å². The molecule has 1 fully saturated rings. The van der Waals surface area contributed by atoms with Gasteiger partial charge in [0.2, 0.25) is 0 Å². The first kappa shape index (κ1) is 16.6. The molecular weight excluding hydrogens is 343 g/mol. The van der Waals surface area contributed by atoms with Crippen molar-refractivity contribution < 1.29 is 9.13 Å². The van der Waals surface area contributed by atoms with Gasteiger partial charge in [-0.05, 0) is 53.9 Å². The van der Waals surface area contributed by atoms with Crippen LogP contribution in [0.1, 0.15) is 17.8 Å². The average molecular weight is 364 g/mol. The molecule has 5 nitrogen and oxygen atoms in total. The van der Waals surface area contributed by atoms with Gasteiger partial charge in [-0.15, -0.1) is 0 Å². The summed E-state index contributed by atoms with van der Waals surface area (Å²) in [6, 6.07) is 10.7. The lowest BCUT2D eigenvalue weighted by atomic mass is 10.0. The summed E-state index contributed by atoms with van der Waals surface area (Å²) in [5.41, 5.74) is 3.10. The predicted molar refractivity (Wildman–Crippen MR) is 99.3 cm³/mol. The number of ether oxygens (including phenoxy) is 1. The molecule has 0 amide bonds. The lowest BCUT2D eigenvalue weighted by Gasteiger charge is -2.35. The number of likely N-dealkylation sites (tertiary alicyclic amines) is 1. The van der Waals surface area contributed by atoms with Gasteiger partial charge in [0.25, 0.3) is 0 Å². The highest BCUT2D eigenvalue weighted by Crippen LogP contribution is 2.35. The predicted octanol–water partition coefficient (Wildman–Crippen LogP) is 3.26. The summed E-state index contributed by atoms with van der Waals surface area (Å²) in [5, 5.41) is 0. The number of hydrogen-bond donors (Lipinski definition) is 0. The van der Waals surface area contributed by atoms with Crippen LogP contribution in [0.4, 0.5) is 4.39 Å². The van der Waals surface area contributed by atoms with E-state index in [1.165, 1.54) is 17.7 Å². The fourth-order valence-corrected chi connectivity index (χ4v) is 4.16. The molecule has 3 aromatic rings. The molecule has 2 aromatic heterocycles. The molecule has 1 spiro atoms. The standard InChI is InChI=1S/C21H21FN4O/c22-18-3-1-17(2-4-18)19-11-24-20-13-27-21(15-26(19)20)7-10-25(14-21)12-16-5-8-23-9-6-16/h1-6,8-9,11H,7,10,12-15H2. The van der Waals surface area contributed by atoms with Crippen LogP contribution in [-0.2, 0) is 24.4 Å². The van der Waals surface area contributed by atoms with Crippen molar-refractivity contribution in [1.29, 1.82) is 0 Å². The molecule has 0 radical (unpaired) electrons. The molecule has 0 N–H and O–H groups in total. The highest BCUT2D eigenvalue weighted by molar-refractivity contribution is 5.59. The third-order valence-corrected chi connectivity index (χ3v) is 5.58. The van der Waals surface area contributed by atoms with E-state index in [0.29, 0.717) is 6.61 Å². The summed E-state index contributed by atoms with van der Waals surface area (Å²) in [6.45, 7) is 4.12. The van der Waals surface area contributed by atoms with Gasteiger partial charge in [0.1, 0.15) is 23.8 Å². The fraction of sp³-hybridized carbons (Fsp3) is 0.333. The van der Waals surface area contributed by atoms with Gasteiger partial charge in [0.05, 0.1) is 18.4 Å². The van der Waals surface area contributed by atoms with E-state index in [1.807, 2.05) is 30.7 Å². The first-order valence-corrected chi connectivity index (χ1v) is 9.26. The highest BCUT2D eigenvalue weighted by Gasteiger charge is 2.43. The number of benzene rings is 1. The Morgan fingerprint density at radius 1 is 1.07 bits per heavy atom. The maximum Gasteiger partial charge on any atom is 0.135 e. The smallest absolute Gasteiger partial charge is 0.135 e. The van der Waals surface area contributed by atoms with E-state index in [0.717, 1.165) is 49.7 Å². The van der Waals surface area contributed by atoms with Crippen molar-refractivity contribution in [2.45, 2.75) is 31.7 Å². The quantitative estimate of drug-likeness (QED) is 0.716. The zero-order valence-corrected chi connectivity index (χ0v) is 15.0. The minimum absolute atomic E-state index is 0.185. The van der Waals surface area contributed by atoms with Crippen molar-refractivity contribution in [3.63, 3.8) is 0 Å². The maximum absolute atomic E-state index is 13.3. The highest BCUT2D eigenvalue weighted by atomic mass is 19.1. The third kappa shape index (κ3) is 3.15. The second kappa shape index (κ2) is 6.55. The van der Waals surface area contributed by atoms with Crippen LogP contribution in [0.15, 0.2) is 55.0 Å². The van der Waals surface area contributed by atoms with E-state index in [4.69, 9.17) is 4.74 Å². The molecule has 2 aliphatic heterocycles. The minimum Gasteiger partial charge on any atom is -0.364 e. The lowest BCUT2D eigenvalue weighted by Crippen LogP contribution is -2.44. The molecule has 1 aromatic carbocycles. The molecule has 1 unspecified atom stereocenters. The molecule has 27 heavy (non-hydrogen) atoms. The van der Waals surface area contributed by atoms with Gasteiger partial charge in [-0.3, -0.25) is 9.88 Å². The number of pyridine rings is 1. The van der Waals surface area contributed by atoms with Crippen LogP contribution in [0.25, 0.3) is 11.3 Å². The Morgan fingerprint density at radius 3 is 2.70 bits per heavy atom. The molecule has 2 aliphatic rings. The summed E-state index contributed by atoms with van der Waals surface area (Å²) in [6.07, 6.45) is 6.54. The molecule has 6 heteroatoms. The van der Waals surface area contributed by atoms with Crippen LogP contribution in [0.5, 0.6) is 0 Å². The zero-order valence-electron chi connectivity index (χ0n) is 15.0. The summed E-state index contributed by atoms with van der Waals surface area (Å²) < 4.78 is 21.8. The normalized spacial score (nSPS) is 22.3. The van der Waals surface area contributed by atoms with Gasteiger partial charge < -0.3 is 9.30 Å². The third-order valence-electron chi connectivity index (χ3n) is 5.58. The van der Waals surface area contributed by atoms with Gasteiger partial charge in [0, 0.05) is 32.0 Å². The Bertz CT molecular complexity index is 941. The van der Waals surface area contributed by atoms with Crippen LogP contribution in [-0.4, -0.2) is 38.1 Å². The van der Waals surface area contributed by atoms with Crippen LogP contribution in [0.2, 0.25) is 0 Å². The van der Waals surface area contributed by atoms with Gasteiger partial charge in [-0.25, -0.2) is 9.37 Å². The van der Waals surface area contributed by atoms with Crippen molar-refractivity contribution in [3.05, 3.63) is 72.2 Å². The number of fused-ring (bicyclic) bond motifs is 1. The number of halogens is 1. The number of rotatable bonds is 3. The molecule has 1 saturated heterocycles. The van der Waals surface area contributed by atoms with Crippen molar-refractivity contribution in [3.8, 4) is 11.3 Å². The number of hydrogen-bond acceptors (Lipinski definition) is 4. The monoisotopic (exact) mass is 364 g/mol. The van der Waals surface area contributed by atoms with E-state index in [1.54, 1.807) is 0 Å². The van der Waals surface area contributed by atoms with E-state index in [2.05, 4.69) is 31.6 Å². The molecular formula is C21H21FN4O. The summed E-state index contributed by atoms with van der Waals surface area (Å²) in [4.78, 5) is 11.0. The van der Waals surface area contributed by atoms with Crippen molar-refractivity contribution >= 4 is 0 Å². The summed E-state index contributed by atoms with van der Waals surface area (Å²) in [5.74, 6) is 0.715. The van der Waals surface area contributed by atoms with Crippen LogP contribution < -0.4 is 0 Å². The molecule has 0 bridgehead atoms. The van der Waals surface area contributed by atoms with Crippen molar-refractivity contribution in [1.82, 2.24) is 19.4 Å². The molecule has 0 saturated carbocycles. The number of aromatic nitrogens is 3. The molecule has 0 aliphatic carbocycles. The van der Waals surface area contributed by atoms with Crippen LogP contribution >= 0.6 is 0 Å². The minimum atomic E-state index is -0.223. The molecule has 138 valence electrons. The maximum atomic E-state index is 13.3. The summed E-state index contributed by atoms with van der Waals surface area (Å²) in [7, 11) is 0. The number of imidazole rings is 1. The second-order valence-electron chi connectivity index (χ2n) is 7.44. The Balaban J connectivity index is 1.36. The van der Waals surface area contributed by atoms with Gasteiger partial charge in [0.15, 0.2) is 0 Å². The Labute approximate surface area is 157 Å². The summed E-state index contributed by atoms with van der Waals surface area (Å²) >= 11 is 0. The number of nitrogens with zero attached hydrogens (tertiary/aromatic N) is 4. The van der Waals surface area contributed by atoms with Crippen LogP contribution in [0.3, 0.4) is 0 Å². The topological polar surface area (TPSA) is 43.2 Å². The van der Waals surface area contributed by atoms with E-state index in [9.17, 15) is 4.39 Å². The van der Waals surface area contributed by atoms with E-state index >= 15 is 0 Å². The SMILES string of the molecule is Fc1ccc(-c2cnc3n2CC2(CCN(Cc4ccncc4)C2)OC3)cc1. The Hall–Kier alpha value is -2.57. The Morgan fingerprint density at radius 2 is 1.89 bits per heavy atom. The molecule has 5 rings (SSSR count). The second-order valence-corrected chi connectivity index (χ2v) is 7.44. The Kier molecular flexibility index (Phi) is 4.02.